The van der Waals surface area contributed by atoms with Crippen molar-refractivity contribution < 1.29 is 37.5 Å². The van der Waals surface area contributed by atoms with E-state index in [1.807, 2.05) is 0 Å². The van der Waals surface area contributed by atoms with E-state index in [-0.39, 0.29) is 22.4 Å². The summed E-state index contributed by atoms with van der Waals surface area (Å²) in [5.74, 6) is 0. The summed E-state index contributed by atoms with van der Waals surface area (Å²) in [6, 6.07) is 0. The van der Waals surface area contributed by atoms with Crippen molar-refractivity contribution in [1.29, 1.82) is 0 Å². The summed E-state index contributed by atoms with van der Waals surface area (Å²) in [6.07, 6.45) is 0. The predicted octanol–water partition coefficient (Wildman–Crippen LogP) is -2.05. The molecule has 0 aliphatic rings. The normalized spacial score (nSPS) is 5.40. The largest absolute Gasteiger partial charge is 0.631 e. The minimum absolute atomic E-state index is 0. The number of hydrogen-bond acceptors (Lipinski definition) is 3. The first-order valence-corrected chi connectivity index (χ1v) is 0.775. The third-order valence-electron chi connectivity index (χ3n) is 0. The van der Waals surface area contributed by atoms with E-state index in [0.29, 0.717) is 0 Å². The van der Waals surface area contributed by atoms with Gasteiger partial charge >= 0.3 is 7.32 Å². The Morgan fingerprint density at radius 3 is 1.00 bits per heavy atom. The summed E-state index contributed by atoms with van der Waals surface area (Å²) in [7, 11) is -2.17. The van der Waals surface area contributed by atoms with Crippen LogP contribution in [0.3, 0.4) is 0 Å². The molecule has 1 radical (unpaired) electrons. The van der Waals surface area contributed by atoms with Gasteiger partial charge in [-0.15, -0.1) is 0 Å². The Labute approximate surface area is 45.3 Å². The quantitative estimate of drug-likeness (QED) is 0.366. The van der Waals surface area contributed by atoms with E-state index in [1.54, 1.807) is 0 Å². The maximum Gasteiger partial charge on any atom is 0.631 e. The zero-order chi connectivity index (χ0) is 3.58. The molecule has 0 aromatic rings. The van der Waals surface area contributed by atoms with Crippen LogP contribution < -0.4 is 0 Å². The van der Waals surface area contributed by atoms with Gasteiger partial charge in [0.15, 0.2) is 0 Å². The summed E-state index contributed by atoms with van der Waals surface area (Å²) < 4.78 is 0. The Hall–Kier alpha value is 0.685. The van der Waals surface area contributed by atoms with Gasteiger partial charge in [0.05, 0.1) is 0 Å². The Bertz CT molecular complexity index is 11.6. The molecule has 0 atom stereocenters. The van der Waals surface area contributed by atoms with Crippen molar-refractivity contribution in [3.63, 3.8) is 0 Å². The minimum Gasteiger partial charge on any atom is -0.402 e. The van der Waals surface area contributed by atoms with E-state index in [0.717, 1.165) is 0 Å². The van der Waals surface area contributed by atoms with Gasteiger partial charge in [-0.05, 0) is 0 Å². The fourth-order valence-corrected chi connectivity index (χ4v) is 0. The van der Waals surface area contributed by atoms with Crippen LogP contribution in [-0.4, -0.2) is 22.4 Å². The van der Waals surface area contributed by atoms with Crippen LogP contribution in [0.5, 0.6) is 0 Å². The molecule has 0 aliphatic heterocycles. The maximum atomic E-state index is 7.17. The van der Waals surface area contributed by atoms with Gasteiger partial charge < -0.3 is 15.1 Å². The van der Waals surface area contributed by atoms with Crippen molar-refractivity contribution in [1.82, 2.24) is 0 Å². The molecule has 3 N–H and O–H groups in total. The van der Waals surface area contributed by atoms with Gasteiger partial charge in [0, 0.05) is 22.4 Å². The van der Waals surface area contributed by atoms with E-state index >= 15 is 0 Å². The SMILES string of the molecule is OB(O)O.[Ag]. The molecule has 0 saturated heterocycles. The van der Waals surface area contributed by atoms with E-state index in [4.69, 9.17) is 15.1 Å². The van der Waals surface area contributed by atoms with Gasteiger partial charge in [0.25, 0.3) is 0 Å². The topological polar surface area (TPSA) is 60.7 Å². The second kappa shape index (κ2) is 4.69. The molecule has 3 nitrogen and oxygen atoms in total. The van der Waals surface area contributed by atoms with Crippen LogP contribution in [0.25, 0.3) is 0 Å². The summed E-state index contributed by atoms with van der Waals surface area (Å²) in [4.78, 5) is 0. The Kier molecular flexibility index (Phi) is 8.61. The van der Waals surface area contributed by atoms with Crippen molar-refractivity contribution in [2.75, 3.05) is 0 Å². The van der Waals surface area contributed by atoms with Crippen molar-refractivity contribution in [2.24, 2.45) is 0 Å². The van der Waals surface area contributed by atoms with Gasteiger partial charge in [-0.3, -0.25) is 0 Å². The molecule has 0 rings (SSSR count). The third-order valence-corrected chi connectivity index (χ3v) is 0. The van der Waals surface area contributed by atoms with Crippen molar-refractivity contribution >= 4 is 7.32 Å². The third kappa shape index (κ3) is 72.0. The molecule has 0 aliphatic carbocycles. The predicted molar refractivity (Wildman–Crippen MR) is 12.4 cm³/mol. The first-order valence-electron chi connectivity index (χ1n) is 0.775. The van der Waals surface area contributed by atoms with Gasteiger partial charge in [0.2, 0.25) is 0 Å². The Morgan fingerprint density at radius 1 is 1.00 bits per heavy atom. The fourth-order valence-electron chi connectivity index (χ4n) is 0. The molecule has 0 fully saturated rings. The van der Waals surface area contributed by atoms with Crippen LogP contribution in [0.4, 0.5) is 0 Å². The molecule has 0 aromatic carbocycles. The molecule has 0 bridgehead atoms. The van der Waals surface area contributed by atoms with Gasteiger partial charge in [0.1, 0.15) is 0 Å². The van der Waals surface area contributed by atoms with Crippen LogP contribution in [0.1, 0.15) is 0 Å². The van der Waals surface area contributed by atoms with E-state index in [1.165, 1.54) is 0 Å². The zero-order valence-corrected chi connectivity index (χ0v) is 3.70. The average molecular weight is 170 g/mol. The van der Waals surface area contributed by atoms with Gasteiger partial charge in [-0.25, -0.2) is 0 Å². The number of hydrogen-bond donors (Lipinski definition) is 3. The average Bonchev–Trinajstić information content (AvgIpc) is 0.811. The van der Waals surface area contributed by atoms with E-state index in [9.17, 15) is 0 Å². The summed E-state index contributed by atoms with van der Waals surface area (Å²) >= 11 is 0. The molecular weight excluding hydrogens is 167 g/mol. The molecule has 0 aromatic heterocycles. The molecule has 0 spiro atoms. The molecule has 35 valence electrons. The molecule has 0 heterocycles. The standard InChI is InChI=1S/Ag.BH3O3/c;2-1(3)4/h;2-4H. The van der Waals surface area contributed by atoms with E-state index < -0.39 is 7.32 Å². The van der Waals surface area contributed by atoms with Crippen LogP contribution in [0.15, 0.2) is 0 Å². The summed E-state index contributed by atoms with van der Waals surface area (Å²) in [5, 5.41) is 21.5. The van der Waals surface area contributed by atoms with Crippen LogP contribution in [-0.2, 0) is 22.4 Å². The van der Waals surface area contributed by atoms with Crippen LogP contribution in [0.2, 0.25) is 0 Å². The van der Waals surface area contributed by atoms with Crippen molar-refractivity contribution in [3.05, 3.63) is 0 Å². The smallest absolute Gasteiger partial charge is 0.402 e. The van der Waals surface area contributed by atoms with Gasteiger partial charge in [-0.1, -0.05) is 0 Å². The second-order valence-corrected chi connectivity index (χ2v) is 0.346. The Balaban J connectivity index is 0. The minimum atomic E-state index is -2.17. The Morgan fingerprint density at radius 2 is 1.00 bits per heavy atom. The number of rotatable bonds is 0. The molecule has 0 amide bonds. The summed E-state index contributed by atoms with van der Waals surface area (Å²) in [5.41, 5.74) is 0. The van der Waals surface area contributed by atoms with Gasteiger partial charge in [-0.2, -0.15) is 0 Å². The molecular formula is H3AgBO3. The first kappa shape index (κ1) is 9.19. The molecule has 0 unspecified atom stereocenters. The monoisotopic (exact) mass is 169 g/mol. The fraction of sp³-hybridized carbons (Fsp3) is 0. The molecule has 5 heavy (non-hydrogen) atoms. The van der Waals surface area contributed by atoms with E-state index in [2.05, 4.69) is 0 Å². The molecule has 0 saturated carbocycles. The summed E-state index contributed by atoms with van der Waals surface area (Å²) in [6.45, 7) is 0. The zero-order valence-electron chi connectivity index (χ0n) is 2.22. The molecule has 5 heteroatoms. The van der Waals surface area contributed by atoms with Crippen molar-refractivity contribution in [2.45, 2.75) is 0 Å². The van der Waals surface area contributed by atoms with Crippen LogP contribution in [0, 0.1) is 0 Å². The second-order valence-electron chi connectivity index (χ2n) is 0.346. The van der Waals surface area contributed by atoms with Crippen molar-refractivity contribution in [3.8, 4) is 0 Å². The first-order chi connectivity index (χ1) is 1.73. The maximum absolute atomic E-state index is 7.17. The van der Waals surface area contributed by atoms with Crippen LogP contribution >= 0.6 is 0 Å².